The lowest BCUT2D eigenvalue weighted by atomic mass is 10.2. The normalized spacial score (nSPS) is 10.3. The molecule has 2 N–H and O–H groups in total. The van der Waals surface area contributed by atoms with Crippen LogP contribution in [0, 0.1) is 0 Å². The summed E-state index contributed by atoms with van der Waals surface area (Å²) < 4.78 is 5.22. The Morgan fingerprint density at radius 1 is 1.41 bits per heavy atom. The molecule has 2 aromatic rings. The number of aromatic nitrogens is 3. The molecule has 0 spiro atoms. The molecule has 2 rings (SSSR count). The van der Waals surface area contributed by atoms with E-state index < -0.39 is 0 Å². The fourth-order valence-corrected chi connectivity index (χ4v) is 2.06. The zero-order valence-electron chi connectivity index (χ0n) is 9.00. The average molecular weight is 273 g/mol. The summed E-state index contributed by atoms with van der Waals surface area (Å²) in [5.74, 6) is 1.17. The number of aromatic amines is 1. The van der Waals surface area contributed by atoms with E-state index >= 15 is 0 Å². The van der Waals surface area contributed by atoms with Crippen LogP contribution in [-0.2, 0) is 6.54 Å². The van der Waals surface area contributed by atoms with Crippen LogP contribution >= 0.6 is 23.2 Å². The number of benzene rings is 1. The van der Waals surface area contributed by atoms with E-state index in [0.29, 0.717) is 28.3 Å². The van der Waals surface area contributed by atoms with Crippen molar-refractivity contribution >= 4 is 29.2 Å². The second-order valence-electron chi connectivity index (χ2n) is 3.27. The molecular formula is C10H10Cl2N4O. The number of methoxy groups -OCH3 is 1. The first-order valence-electron chi connectivity index (χ1n) is 4.82. The van der Waals surface area contributed by atoms with Crippen molar-refractivity contribution < 1.29 is 4.74 Å². The third-order valence-corrected chi connectivity index (χ3v) is 2.65. The highest BCUT2D eigenvalue weighted by atomic mass is 35.5. The first kappa shape index (κ1) is 12.0. The number of hydrogen-bond acceptors (Lipinski definition) is 4. The van der Waals surface area contributed by atoms with E-state index in [1.807, 2.05) is 0 Å². The maximum atomic E-state index is 6.02. The Hall–Kier alpha value is -1.46. The summed E-state index contributed by atoms with van der Waals surface area (Å²) in [5, 5.41) is 10.5. The van der Waals surface area contributed by atoms with Crippen LogP contribution in [0.2, 0.25) is 10.0 Å². The Bertz CT molecular complexity index is 501. The second-order valence-corrected chi connectivity index (χ2v) is 4.11. The summed E-state index contributed by atoms with van der Waals surface area (Å²) >= 11 is 12.0. The van der Waals surface area contributed by atoms with Crippen LogP contribution in [0.4, 0.5) is 5.95 Å². The lowest BCUT2D eigenvalue weighted by Gasteiger charge is -2.11. The average Bonchev–Trinajstić information content (AvgIpc) is 2.78. The Morgan fingerprint density at radius 3 is 2.88 bits per heavy atom. The Kier molecular flexibility index (Phi) is 3.71. The predicted molar refractivity (Wildman–Crippen MR) is 66.7 cm³/mol. The van der Waals surface area contributed by atoms with Crippen LogP contribution in [0.1, 0.15) is 5.56 Å². The molecule has 0 unspecified atom stereocenters. The monoisotopic (exact) mass is 272 g/mol. The lowest BCUT2D eigenvalue weighted by Crippen LogP contribution is -2.03. The third kappa shape index (κ3) is 2.81. The van der Waals surface area contributed by atoms with Crippen LogP contribution in [0.5, 0.6) is 5.75 Å². The van der Waals surface area contributed by atoms with Crippen LogP contribution in [-0.4, -0.2) is 22.3 Å². The summed E-state index contributed by atoms with van der Waals surface area (Å²) in [6.07, 6.45) is 1.42. The summed E-state index contributed by atoms with van der Waals surface area (Å²) in [6.45, 7) is 0.485. The van der Waals surface area contributed by atoms with E-state index in [0.717, 1.165) is 5.56 Å². The largest absolute Gasteiger partial charge is 0.495 e. The van der Waals surface area contributed by atoms with Gasteiger partial charge in [0.05, 0.1) is 12.1 Å². The fourth-order valence-electron chi connectivity index (χ4n) is 1.44. The first-order chi connectivity index (χ1) is 8.20. The zero-order chi connectivity index (χ0) is 12.3. The molecule has 0 radical (unpaired) electrons. The van der Waals surface area contributed by atoms with Gasteiger partial charge in [-0.15, -0.1) is 0 Å². The summed E-state index contributed by atoms with van der Waals surface area (Å²) in [5.41, 5.74) is 0.849. The van der Waals surface area contributed by atoms with Gasteiger partial charge in [-0.3, -0.25) is 0 Å². The van der Waals surface area contributed by atoms with Gasteiger partial charge >= 0.3 is 0 Å². The molecule has 0 aliphatic carbocycles. The summed E-state index contributed by atoms with van der Waals surface area (Å²) in [4.78, 5) is 3.95. The molecule has 17 heavy (non-hydrogen) atoms. The molecule has 1 aromatic carbocycles. The van der Waals surface area contributed by atoms with Crippen molar-refractivity contribution in [3.63, 3.8) is 0 Å². The molecular weight excluding hydrogens is 263 g/mol. The van der Waals surface area contributed by atoms with Crippen molar-refractivity contribution in [2.75, 3.05) is 12.4 Å². The highest BCUT2D eigenvalue weighted by molar-refractivity contribution is 6.35. The van der Waals surface area contributed by atoms with Gasteiger partial charge in [0.1, 0.15) is 12.1 Å². The van der Waals surface area contributed by atoms with Crippen LogP contribution in [0.3, 0.4) is 0 Å². The highest BCUT2D eigenvalue weighted by Crippen LogP contribution is 2.32. The second kappa shape index (κ2) is 5.25. The fraction of sp³-hybridized carbons (Fsp3) is 0.200. The number of anilines is 1. The molecule has 0 saturated carbocycles. The maximum Gasteiger partial charge on any atom is 0.218 e. The summed E-state index contributed by atoms with van der Waals surface area (Å²) in [6, 6.07) is 3.43. The van der Waals surface area contributed by atoms with Gasteiger partial charge in [0.2, 0.25) is 5.95 Å². The number of nitrogens with one attached hydrogen (secondary N) is 2. The molecule has 0 atom stereocenters. The molecule has 1 heterocycles. The summed E-state index contributed by atoms with van der Waals surface area (Å²) in [7, 11) is 1.56. The van der Waals surface area contributed by atoms with Gasteiger partial charge in [-0.05, 0) is 12.1 Å². The zero-order valence-corrected chi connectivity index (χ0v) is 10.5. The molecule has 1 aromatic heterocycles. The smallest absolute Gasteiger partial charge is 0.218 e. The topological polar surface area (TPSA) is 62.8 Å². The van der Waals surface area contributed by atoms with Crippen molar-refractivity contribution in [2.24, 2.45) is 0 Å². The molecule has 0 aliphatic rings. The molecule has 0 bridgehead atoms. The molecule has 0 amide bonds. The van der Waals surface area contributed by atoms with Crippen LogP contribution < -0.4 is 10.1 Å². The Balaban J connectivity index is 2.19. The molecule has 7 heteroatoms. The number of ether oxygens (including phenoxy) is 1. The van der Waals surface area contributed by atoms with Crippen LogP contribution in [0.25, 0.3) is 0 Å². The lowest BCUT2D eigenvalue weighted by molar-refractivity contribution is 0.410. The van der Waals surface area contributed by atoms with Crippen molar-refractivity contribution in [2.45, 2.75) is 6.54 Å². The minimum atomic E-state index is 0.481. The van der Waals surface area contributed by atoms with Gasteiger partial charge in [-0.1, -0.05) is 23.2 Å². The van der Waals surface area contributed by atoms with Gasteiger partial charge in [0.15, 0.2) is 0 Å². The predicted octanol–water partition coefficient (Wildman–Crippen LogP) is 2.73. The van der Waals surface area contributed by atoms with E-state index in [-0.39, 0.29) is 0 Å². The van der Waals surface area contributed by atoms with Gasteiger partial charge < -0.3 is 10.1 Å². The van der Waals surface area contributed by atoms with E-state index in [1.54, 1.807) is 19.2 Å². The maximum absolute atomic E-state index is 6.02. The molecule has 0 aliphatic heterocycles. The van der Waals surface area contributed by atoms with Crippen molar-refractivity contribution in [1.82, 2.24) is 15.2 Å². The SMILES string of the molecule is COc1c(Cl)cc(Cl)cc1CNc1ncn[nH]1. The first-order valence-corrected chi connectivity index (χ1v) is 5.57. The van der Waals surface area contributed by atoms with Gasteiger partial charge in [-0.25, -0.2) is 10.1 Å². The number of H-pyrrole nitrogens is 1. The van der Waals surface area contributed by atoms with Gasteiger partial charge in [-0.2, -0.15) is 5.10 Å². The molecule has 5 nitrogen and oxygen atoms in total. The molecule has 0 fully saturated rings. The minimum Gasteiger partial charge on any atom is -0.495 e. The van der Waals surface area contributed by atoms with Crippen molar-refractivity contribution in [1.29, 1.82) is 0 Å². The van der Waals surface area contributed by atoms with E-state index in [1.165, 1.54) is 6.33 Å². The number of halogens is 2. The van der Waals surface area contributed by atoms with Crippen molar-refractivity contribution in [3.8, 4) is 5.75 Å². The highest BCUT2D eigenvalue weighted by Gasteiger charge is 2.09. The van der Waals surface area contributed by atoms with E-state index in [9.17, 15) is 0 Å². The van der Waals surface area contributed by atoms with Gasteiger partial charge in [0.25, 0.3) is 0 Å². The third-order valence-electron chi connectivity index (χ3n) is 2.15. The van der Waals surface area contributed by atoms with Crippen LogP contribution in [0.15, 0.2) is 18.5 Å². The Morgan fingerprint density at radius 2 is 2.24 bits per heavy atom. The molecule has 0 saturated heterocycles. The minimum absolute atomic E-state index is 0.481. The molecule has 90 valence electrons. The standard InChI is InChI=1S/C10H10Cl2N4O/c1-17-9-6(2-7(11)3-8(9)12)4-13-10-14-5-15-16-10/h2-3,5H,4H2,1H3,(H2,13,14,15,16). The number of nitrogens with zero attached hydrogens (tertiary/aromatic N) is 2. The number of rotatable bonds is 4. The van der Waals surface area contributed by atoms with Gasteiger partial charge in [0, 0.05) is 17.1 Å². The Labute approximate surface area is 108 Å². The number of hydrogen-bond donors (Lipinski definition) is 2. The van der Waals surface area contributed by atoms with E-state index in [4.69, 9.17) is 27.9 Å². The van der Waals surface area contributed by atoms with Crippen molar-refractivity contribution in [3.05, 3.63) is 34.1 Å². The quantitative estimate of drug-likeness (QED) is 0.899. The van der Waals surface area contributed by atoms with E-state index in [2.05, 4.69) is 20.5 Å².